The van der Waals surface area contributed by atoms with E-state index in [1.807, 2.05) is 0 Å². The van der Waals surface area contributed by atoms with E-state index in [0.717, 1.165) is 0 Å². The first-order valence-corrected chi connectivity index (χ1v) is 6.60. The quantitative estimate of drug-likeness (QED) is 0.824. The number of carbonyl (C=O) groups excluding carboxylic acids is 1. The maximum atomic E-state index is 11.6. The number of carbonyl (C=O) groups is 1. The van der Waals surface area contributed by atoms with Gasteiger partial charge >= 0.3 is 5.97 Å². The molecule has 0 saturated carbocycles. The zero-order valence-corrected chi connectivity index (χ0v) is 10.7. The molecule has 0 atom stereocenters. The lowest BCUT2D eigenvalue weighted by molar-refractivity contribution is 0.0377. The third-order valence-corrected chi connectivity index (χ3v) is 2.85. The van der Waals surface area contributed by atoms with Crippen LogP contribution >= 0.6 is 0 Å². The van der Waals surface area contributed by atoms with Crippen LogP contribution in [-0.4, -0.2) is 20.5 Å². The number of esters is 1. The minimum atomic E-state index is -3.82. The molecule has 0 radical (unpaired) electrons. The Morgan fingerprint density at radius 3 is 2.35 bits per heavy atom. The van der Waals surface area contributed by atoms with Crippen LogP contribution in [0.2, 0.25) is 0 Å². The maximum Gasteiger partial charge on any atom is 0.338 e. The van der Waals surface area contributed by atoms with Crippen LogP contribution in [0, 0.1) is 6.92 Å². The van der Waals surface area contributed by atoms with Gasteiger partial charge in [0, 0.05) is 0 Å². The number of rotatable bonds is 3. The van der Waals surface area contributed by atoms with Crippen LogP contribution in [0.3, 0.4) is 0 Å². The van der Waals surface area contributed by atoms with Gasteiger partial charge < -0.3 is 4.74 Å². The van der Waals surface area contributed by atoms with Crippen LogP contribution in [0.15, 0.2) is 23.1 Å². The molecule has 0 unspecified atom stereocenters. The van der Waals surface area contributed by atoms with E-state index in [9.17, 15) is 13.2 Å². The van der Waals surface area contributed by atoms with Gasteiger partial charge in [0.15, 0.2) is 0 Å². The molecule has 0 aliphatic heterocycles. The molecule has 5 nitrogen and oxygen atoms in total. The minimum Gasteiger partial charge on any atom is -0.459 e. The Morgan fingerprint density at radius 1 is 1.29 bits per heavy atom. The van der Waals surface area contributed by atoms with Gasteiger partial charge in [-0.05, 0) is 44.5 Å². The summed E-state index contributed by atoms with van der Waals surface area (Å²) in [6.45, 7) is 5.11. The summed E-state index contributed by atoms with van der Waals surface area (Å²) >= 11 is 0. The molecular formula is C11H15NO4S. The average Bonchev–Trinajstić information content (AvgIpc) is 2.14. The number of benzene rings is 1. The maximum absolute atomic E-state index is 11.6. The molecule has 1 aromatic rings. The van der Waals surface area contributed by atoms with Crippen molar-refractivity contribution in [3.63, 3.8) is 0 Å². The van der Waals surface area contributed by atoms with Crippen molar-refractivity contribution >= 4 is 16.0 Å². The van der Waals surface area contributed by atoms with Crippen molar-refractivity contribution < 1.29 is 17.9 Å². The van der Waals surface area contributed by atoms with Crippen molar-refractivity contribution in [2.45, 2.75) is 31.8 Å². The third kappa shape index (κ3) is 3.83. The Balaban J connectivity index is 3.19. The number of nitrogens with two attached hydrogens (primary N) is 1. The summed E-state index contributed by atoms with van der Waals surface area (Å²) < 4.78 is 27.4. The Kier molecular flexibility index (Phi) is 3.90. The van der Waals surface area contributed by atoms with Crippen molar-refractivity contribution in [2.75, 3.05) is 0 Å². The molecule has 0 saturated heterocycles. The van der Waals surface area contributed by atoms with Crippen LogP contribution in [0.5, 0.6) is 0 Å². The average molecular weight is 257 g/mol. The molecule has 0 spiro atoms. The standard InChI is InChI=1S/C11H15NO4S/c1-7(2)16-11(13)9-4-8(3)5-10(6-9)17(12,14)15/h4-7H,1-3H3,(H2,12,14,15). The van der Waals surface area contributed by atoms with E-state index in [0.29, 0.717) is 5.56 Å². The summed E-state index contributed by atoms with van der Waals surface area (Å²) in [4.78, 5) is 11.5. The van der Waals surface area contributed by atoms with Gasteiger partial charge in [0.05, 0.1) is 16.6 Å². The summed E-state index contributed by atoms with van der Waals surface area (Å²) in [5, 5.41) is 5.02. The van der Waals surface area contributed by atoms with E-state index in [1.54, 1.807) is 26.8 Å². The molecule has 0 fully saturated rings. The van der Waals surface area contributed by atoms with Crippen LogP contribution in [-0.2, 0) is 14.8 Å². The molecule has 0 heterocycles. The molecule has 0 aromatic heterocycles. The highest BCUT2D eigenvalue weighted by Crippen LogP contribution is 2.15. The summed E-state index contributed by atoms with van der Waals surface area (Å²) in [5.41, 5.74) is 0.815. The molecule has 2 N–H and O–H groups in total. The predicted octanol–water partition coefficient (Wildman–Crippen LogP) is 1.21. The molecule has 6 heteroatoms. The van der Waals surface area contributed by atoms with Crippen molar-refractivity contribution in [1.29, 1.82) is 0 Å². The van der Waals surface area contributed by atoms with Crippen LogP contribution in [0.4, 0.5) is 0 Å². The zero-order valence-electron chi connectivity index (χ0n) is 9.93. The summed E-state index contributed by atoms with van der Waals surface area (Å²) in [5.74, 6) is -0.561. The predicted molar refractivity (Wildman–Crippen MR) is 63.1 cm³/mol. The second-order valence-corrected chi connectivity index (χ2v) is 5.60. The lowest BCUT2D eigenvalue weighted by Gasteiger charge is -2.09. The lowest BCUT2D eigenvalue weighted by atomic mass is 10.1. The monoisotopic (exact) mass is 257 g/mol. The van der Waals surface area contributed by atoms with Gasteiger partial charge in [-0.3, -0.25) is 0 Å². The fourth-order valence-electron chi connectivity index (χ4n) is 1.31. The Bertz CT molecular complexity index is 534. The van der Waals surface area contributed by atoms with Gasteiger partial charge in [0.2, 0.25) is 10.0 Å². The second-order valence-electron chi connectivity index (χ2n) is 4.03. The van der Waals surface area contributed by atoms with E-state index in [2.05, 4.69) is 0 Å². The number of primary sulfonamides is 1. The number of hydrogen-bond donors (Lipinski definition) is 1. The number of aryl methyl sites for hydroxylation is 1. The Labute approximate surface area is 101 Å². The SMILES string of the molecule is Cc1cc(C(=O)OC(C)C)cc(S(N)(=O)=O)c1. The first-order valence-electron chi connectivity index (χ1n) is 5.05. The summed E-state index contributed by atoms with van der Waals surface area (Å²) in [6.07, 6.45) is -0.263. The Morgan fingerprint density at radius 2 is 1.88 bits per heavy atom. The van der Waals surface area contributed by atoms with E-state index >= 15 is 0 Å². The van der Waals surface area contributed by atoms with Crippen molar-refractivity contribution in [1.82, 2.24) is 0 Å². The molecular weight excluding hydrogens is 242 g/mol. The largest absolute Gasteiger partial charge is 0.459 e. The molecule has 0 bridgehead atoms. The number of hydrogen-bond acceptors (Lipinski definition) is 4. The van der Waals surface area contributed by atoms with E-state index < -0.39 is 16.0 Å². The highest BCUT2D eigenvalue weighted by Gasteiger charge is 2.15. The third-order valence-electron chi connectivity index (χ3n) is 1.96. The molecule has 0 amide bonds. The van der Waals surface area contributed by atoms with Gasteiger partial charge in [0.25, 0.3) is 0 Å². The normalized spacial score (nSPS) is 11.6. The van der Waals surface area contributed by atoms with Crippen molar-refractivity contribution in [3.8, 4) is 0 Å². The first-order chi connectivity index (χ1) is 7.70. The highest BCUT2D eigenvalue weighted by atomic mass is 32.2. The van der Waals surface area contributed by atoms with Gasteiger partial charge in [-0.15, -0.1) is 0 Å². The molecule has 0 aliphatic rings. The fourth-order valence-corrected chi connectivity index (χ4v) is 1.95. The van der Waals surface area contributed by atoms with Gasteiger partial charge in [-0.25, -0.2) is 18.4 Å². The number of sulfonamides is 1. The molecule has 1 aromatic carbocycles. The molecule has 1 rings (SSSR count). The van der Waals surface area contributed by atoms with Gasteiger partial charge in [-0.2, -0.15) is 0 Å². The molecule has 17 heavy (non-hydrogen) atoms. The Hall–Kier alpha value is -1.40. The first kappa shape index (κ1) is 13.7. The smallest absolute Gasteiger partial charge is 0.338 e. The van der Waals surface area contributed by atoms with Crippen LogP contribution < -0.4 is 5.14 Å². The summed E-state index contributed by atoms with van der Waals surface area (Å²) in [7, 11) is -3.82. The van der Waals surface area contributed by atoms with Crippen LogP contribution in [0.25, 0.3) is 0 Å². The van der Waals surface area contributed by atoms with E-state index in [-0.39, 0.29) is 16.6 Å². The molecule has 94 valence electrons. The zero-order chi connectivity index (χ0) is 13.2. The van der Waals surface area contributed by atoms with Gasteiger partial charge in [0.1, 0.15) is 0 Å². The second kappa shape index (κ2) is 4.85. The van der Waals surface area contributed by atoms with Gasteiger partial charge in [-0.1, -0.05) is 0 Å². The fraction of sp³-hybridized carbons (Fsp3) is 0.364. The van der Waals surface area contributed by atoms with Crippen molar-refractivity contribution in [2.24, 2.45) is 5.14 Å². The van der Waals surface area contributed by atoms with Crippen molar-refractivity contribution in [3.05, 3.63) is 29.3 Å². The summed E-state index contributed by atoms with van der Waals surface area (Å²) in [6, 6.07) is 4.17. The molecule has 0 aliphatic carbocycles. The van der Waals surface area contributed by atoms with E-state index in [4.69, 9.17) is 9.88 Å². The van der Waals surface area contributed by atoms with Crippen LogP contribution in [0.1, 0.15) is 29.8 Å². The lowest BCUT2D eigenvalue weighted by Crippen LogP contribution is -2.15. The number of ether oxygens (including phenoxy) is 1. The topological polar surface area (TPSA) is 86.5 Å². The minimum absolute atomic E-state index is 0.0896. The highest BCUT2D eigenvalue weighted by molar-refractivity contribution is 7.89. The van der Waals surface area contributed by atoms with E-state index in [1.165, 1.54) is 12.1 Å².